The first kappa shape index (κ1) is 19.9. The van der Waals surface area contributed by atoms with Crippen molar-refractivity contribution in [3.63, 3.8) is 0 Å². The molecular formula is C22H23N3O2S. The molecule has 2 aromatic carbocycles. The highest BCUT2D eigenvalue weighted by atomic mass is 32.2. The Morgan fingerprint density at radius 1 is 1.18 bits per heavy atom. The van der Waals surface area contributed by atoms with Crippen molar-refractivity contribution in [2.75, 3.05) is 12.9 Å². The van der Waals surface area contributed by atoms with E-state index in [9.17, 15) is 4.79 Å². The molecule has 144 valence electrons. The van der Waals surface area contributed by atoms with Crippen molar-refractivity contribution in [3.8, 4) is 17.1 Å². The number of thioether (sulfide) groups is 1. The van der Waals surface area contributed by atoms with Gasteiger partial charge in [0.05, 0.1) is 18.4 Å². The summed E-state index contributed by atoms with van der Waals surface area (Å²) in [6, 6.07) is 15.4. The van der Waals surface area contributed by atoms with Gasteiger partial charge in [0.2, 0.25) is 0 Å². The van der Waals surface area contributed by atoms with Gasteiger partial charge in [-0.3, -0.25) is 9.36 Å². The Hall–Kier alpha value is -2.86. The van der Waals surface area contributed by atoms with Crippen molar-refractivity contribution in [1.29, 1.82) is 0 Å². The quantitative estimate of drug-likeness (QED) is 0.300. The highest BCUT2D eigenvalue weighted by Gasteiger charge is 2.18. The number of carbonyl (C=O) groups excluding carboxylic acids is 1. The number of methoxy groups -OCH3 is 1. The first-order valence-electron chi connectivity index (χ1n) is 9.10. The molecule has 1 heterocycles. The van der Waals surface area contributed by atoms with Crippen LogP contribution in [0.2, 0.25) is 0 Å². The molecule has 6 heteroatoms. The summed E-state index contributed by atoms with van der Waals surface area (Å²) in [5, 5.41) is 9.32. The fourth-order valence-electron chi connectivity index (χ4n) is 2.86. The summed E-state index contributed by atoms with van der Waals surface area (Å²) in [4.78, 5) is 12.5. The number of para-hydroxylation sites is 1. The topological polar surface area (TPSA) is 57.0 Å². The Kier molecular flexibility index (Phi) is 6.66. The third-order valence-electron chi connectivity index (χ3n) is 4.39. The maximum Gasteiger partial charge on any atom is 0.192 e. The summed E-state index contributed by atoms with van der Waals surface area (Å²) in [7, 11) is 1.63. The first-order valence-corrected chi connectivity index (χ1v) is 10.1. The number of ketones is 1. The van der Waals surface area contributed by atoms with E-state index in [0.717, 1.165) is 17.7 Å². The van der Waals surface area contributed by atoms with Crippen LogP contribution in [0.1, 0.15) is 22.8 Å². The van der Waals surface area contributed by atoms with Crippen LogP contribution in [0, 0.1) is 0 Å². The molecule has 0 amide bonds. The summed E-state index contributed by atoms with van der Waals surface area (Å²) in [5.74, 6) is 1.79. The lowest BCUT2D eigenvalue weighted by atomic mass is 10.1. The van der Waals surface area contributed by atoms with Gasteiger partial charge in [-0.15, -0.1) is 16.8 Å². The standard InChI is InChI=1S/C22H23N3O2S/c1-4-14-25-21(18-8-6-7-9-20(18)27-3)23-24-22(25)28-15-19(26)17-12-10-16(5-2)11-13-17/h4,6-13H,1,5,14-15H2,2-3H3. The summed E-state index contributed by atoms with van der Waals surface area (Å²) < 4.78 is 7.40. The van der Waals surface area contributed by atoms with Crippen LogP contribution in [0.15, 0.2) is 66.3 Å². The van der Waals surface area contributed by atoms with Crippen molar-refractivity contribution >= 4 is 17.5 Å². The number of carbonyl (C=O) groups is 1. The maximum absolute atomic E-state index is 12.5. The lowest BCUT2D eigenvalue weighted by Gasteiger charge is -2.10. The fraction of sp³-hybridized carbons (Fsp3) is 0.227. The molecule has 0 aliphatic rings. The largest absolute Gasteiger partial charge is 0.496 e. The van der Waals surface area contributed by atoms with E-state index in [0.29, 0.717) is 28.8 Å². The van der Waals surface area contributed by atoms with Crippen LogP contribution in [-0.4, -0.2) is 33.4 Å². The molecule has 0 radical (unpaired) electrons. The Morgan fingerprint density at radius 3 is 2.61 bits per heavy atom. The number of ether oxygens (including phenoxy) is 1. The number of nitrogens with zero attached hydrogens (tertiary/aromatic N) is 3. The molecule has 28 heavy (non-hydrogen) atoms. The van der Waals surface area contributed by atoms with E-state index >= 15 is 0 Å². The SMILES string of the molecule is C=CCn1c(SCC(=O)c2ccc(CC)cc2)nnc1-c1ccccc1OC. The Balaban J connectivity index is 1.81. The fourth-order valence-corrected chi connectivity index (χ4v) is 3.70. The van der Waals surface area contributed by atoms with E-state index in [1.807, 2.05) is 53.1 Å². The van der Waals surface area contributed by atoms with Gasteiger partial charge >= 0.3 is 0 Å². The van der Waals surface area contributed by atoms with E-state index in [4.69, 9.17) is 4.74 Å². The molecule has 1 aromatic heterocycles. The Morgan fingerprint density at radius 2 is 1.93 bits per heavy atom. The summed E-state index contributed by atoms with van der Waals surface area (Å²) in [6.45, 7) is 6.47. The van der Waals surface area contributed by atoms with E-state index < -0.39 is 0 Å². The number of hydrogen-bond donors (Lipinski definition) is 0. The molecule has 5 nitrogen and oxygen atoms in total. The number of aromatic nitrogens is 3. The van der Waals surface area contributed by atoms with E-state index in [2.05, 4.69) is 23.7 Å². The zero-order valence-corrected chi connectivity index (χ0v) is 16.9. The van der Waals surface area contributed by atoms with Gasteiger partial charge in [-0.05, 0) is 24.1 Å². The van der Waals surface area contributed by atoms with Crippen LogP contribution in [-0.2, 0) is 13.0 Å². The summed E-state index contributed by atoms with van der Waals surface area (Å²) in [5.41, 5.74) is 2.79. The van der Waals surface area contributed by atoms with Crippen LogP contribution in [0.25, 0.3) is 11.4 Å². The maximum atomic E-state index is 12.5. The molecule has 0 saturated carbocycles. The molecule has 0 unspecified atom stereocenters. The van der Waals surface area contributed by atoms with Gasteiger partial charge in [0.1, 0.15) is 5.75 Å². The summed E-state index contributed by atoms with van der Waals surface area (Å²) in [6.07, 6.45) is 2.75. The molecule has 0 aliphatic carbocycles. The number of Topliss-reactive ketones (excluding diaryl/α,β-unsaturated/α-hetero) is 1. The number of benzene rings is 2. The molecule has 0 bridgehead atoms. The van der Waals surface area contributed by atoms with Crippen LogP contribution in [0.3, 0.4) is 0 Å². The van der Waals surface area contributed by atoms with Gasteiger partial charge in [-0.1, -0.05) is 61.2 Å². The van der Waals surface area contributed by atoms with Crippen LogP contribution >= 0.6 is 11.8 Å². The third-order valence-corrected chi connectivity index (χ3v) is 5.36. The second-order valence-corrected chi connectivity index (χ2v) is 7.11. The Labute approximate surface area is 169 Å². The van der Waals surface area contributed by atoms with Crippen LogP contribution < -0.4 is 4.74 Å². The van der Waals surface area contributed by atoms with Gasteiger partial charge in [0.25, 0.3) is 0 Å². The van der Waals surface area contributed by atoms with E-state index in [-0.39, 0.29) is 5.78 Å². The van der Waals surface area contributed by atoms with E-state index in [1.165, 1.54) is 17.3 Å². The van der Waals surface area contributed by atoms with Crippen molar-refractivity contribution in [1.82, 2.24) is 14.8 Å². The molecule has 0 fully saturated rings. The average molecular weight is 394 g/mol. The normalized spacial score (nSPS) is 10.6. The second kappa shape index (κ2) is 9.37. The molecular weight excluding hydrogens is 370 g/mol. The monoisotopic (exact) mass is 393 g/mol. The predicted octanol–water partition coefficient (Wildman–Crippen LogP) is 4.68. The van der Waals surface area contributed by atoms with Gasteiger partial charge in [-0.2, -0.15) is 0 Å². The second-order valence-electron chi connectivity index (χ2n) is 6.17. The lowest BCUT2D eigenvalue weighted by molar-refractivity contribution is 0.102. The minimum atomic E-state index is 0.0691. The first-order chi connectivity index (χ1) is 13.7. The molecule has 0 aliphatic heterocycles. The highest BCUT2D eigenvalue weighted by molar-refractivity contribution is 7.99. The molecule has 0 saturated heterocycles. The Bertz CT molecular complexity index is 964. The van der Waals surface area contributed by atoms with Crippen molar-refractivity contribution in [2.45, 2.75) is 25.0 Å². The van der Waals surface area contributed by atoms with Crippen molar-refractivity contribution in [2.24, 2.45) is 0 Å². The smallest absolute Gasteiger partial charge is 0.192 e. The van der Waals surface area contributed by atoms with Crippen molar-refractivity contribution < 1.29 is 9.53 Å². The predicted molar refractivity (Wildman–Crippen MR) is 113 cm³/mol. The van der Waals surface area contributed by atoms with Crippen LogP contribution in [0.4, 0.5) is 0 Å². The summed E-state index contributed by atoms with van der Waals surface area (Å²) >= 11 is 1.38. The number of rotatable bonds is 9. The lowest BCUT2D eigenvalue weighted by Crippen LogP contribution is -2.06. The average Bonchev–Trinajstić information content (AvgIpc) is 3.14. The molecule has 3 aromatic rings. The molecule has 0 atom stereocenters. The molecule has 0 spiro atoms. The minimum Gasteiger partial charge on any atom is -0.496 e. The molecule has 0 N–H and O–H groups in total. The molecule has 3 rings (SSSR count). The number of allylic oxidation sites excluding steroid dienone is 1. The van der Waals surface area contributed by atoms with Gasteiger partial charge in [0.15, 0.2) is 16.8 Å². The number of aryl methyl sites for hydroxylation is 1. The van der Waals surface area contributed by atoms with Gasteiger partial charge in [0, 0.05) is 12.1 Å². The zero-order valence-electron chi connectivity index (χ0n) is 16.1. The van der Waals surface area contributed by atoms with Gasteiger partial charge < -0.3 is 4.74 Å². The van der Waals surface area contributed by atoms with Crippen molar-refractivity contribution in [3.05, 3.63) is 72.3 Å². The minimum absolute atomic E-state index is 0.0691. The zero-order chi connectivity index (χ0) is 19.9. The van der Waals surface area contributed by atoms with Crippen LogP contribution in [0.5, 0.6) is 5.75 Å². The third kappa shape index (κ3) is 4.34. The number of hydrogen-bond acceptors (Lipinski definition) is 5. The van der Waals surface area contributed by atoms with Gasteiger partial charge in [-0.25, -0.2) is 0 Å². The van der Waals surface area contributed by atoms with E-state index in [1.54, 1.807) is 13.2 Å². The highest BCUT2D eigenvalue weighted by Crippen LogP contribution is 2.31.